The minimum absolute atomic E-state index is 0.427. The van der Waals surface area contributed by atoms with Crippen molar-refractivity contribution in [2.75, 3.05) is 51.0 Å². The average molecular weight is 372 g/mol. The summed E-state index contributed by atoms with van der Waals surface area (Å²) in [4.78, 5) is 17.4. The van der Waals surface area contributed by atoms with Gasteiger partial charge in [-0.05, 0) is 39.3 Å². The first kappa shape index (κ1) is 19.2. The Morgan fingerprint density at radius 1 is 1.19 bits per heavy atom. The van der Waals surface area contributed by atoms with E-state index in [0.29, 0.717) is 35.7 Å². The second-order valence-electron chi connectivity index (χ2n) is 6.74. The lowest BCUT2D eigenvalue weighted by atomic mass is 10.3. The molecule has 2 aromatic rings. The third-order valence-corrected chi connectivity index (χ3v) is 4.62. The summed E-state index contributed by atoms with van der Waals surface area (Å²) in [6.45, 7) is 5.98. The van der Waals surface area contributed by atoms with Crippen molar-refractivity contribution >= 4 is 17.6 Å². The Hall–Kier alpha value is -2.61. The number of nitrogens with two attached hydrogens (primary N) is 1. The highest BCUT2D eigenvalue weighted by atomic mass is 16.5. The molecular weight excluding hydrogens is 344 g/mol. The van der Waals surface area contributed by atoms with Gasteiger partial charge in [-0.15, -0.1) is 0 Å². The number of likely N-dealkylation sites (tertiary alicyclic amines) is 1. The second kappa shape index (κ2) is 8.85. The molecule has 0 amide bonds. The number of nitrogens with zero attached hydrogens (tertiary/aromatic N) is 5. The van der Waals surface area contributed by atoms with Gasteiger partial charge in [0, 0.05) is 31.4 Å². The maximum Gasteiger partial charge on any atom is 0.232 e. The third-order valence-electron chi connectivity index (χ3n) is 4.62. The number of methoxy groups -OCH3 is 1. The second-order valence-corrected chi connectivity index (χ2v) is 6.74. The number of hydrogen-bond acceptors (Lipinski definition) is 8. The summed E-state index contributed by atoms with van der Waals surface area (Å²) in [6.07, 6.45) is 5.25. The van der Waals surface area contributed by atoms with Gasteiger partial charge < -0.3 is 20.1 Å². The molecule has 8 heteroatoms. The smallest absolute Gasteiger partial charge is 0.232 e. The van der Waals surface area contributed by atoms with Crippen LogP contribution in [0.3, 0.4) is 0 Å². The molecule has 1 fully saturated rings. The number of aryl methyl sites for hydroxylation is 1. The van der Waals surface area contributed by atoms with Crippen molar-refractivity contribution in [3.63, 3.8) is 0 Å². The zero-order valence-electron chi connectivity index (χ0n) is 16.3. The van der Waals surface area contributed by atoms with Crippen LogP contribution in [0, 0.1) is 6.92 Å². The fourth-order valence-electron chi connectivity index (χ4n) is 3.17. The largest absolute Gasteiger partial charge is 0.491 e. The SMILES string of the molecule is COc1cnc(N(C)c2nc(C)cc(N)n2)cc1OCCCN1CCCC1. The summed E-state index contributed by atoms with van der Waals surface area (Å²) in [5.74, 6) is 2.85. The number of nitrogen functional groups attached to an aromatic ring is 1. The van der Waals surface area contributed by atoms with Crippen LogP contribution in [-0.2, 0) is 0 Å². The molecule has 0 saturated carbocycles. The van der Waals surface area contributed by atoms with E-state index in [4.69, 9.17) is 15.2 Å². The van der Waals surface area contributed by atoms with E-state index in [-0.39, 0.29) is 0 Å². The van der Waals surface area contributed by atoms with Crippen LogP contribution < -0.4 is 20.1 Å². The molecule has 27 heavy (non-hydrogen) atoms. The van der Waals surface area contributed by atoms with Crippen LogP contribution in [0.5, 0.6) is 11.5 Å². The Kier molecular flexibility index (Phi) is 6.28. The first-order valence-corrected chi connectivity index (χ1v) is 9.31. The van der Waals surface area contributed by atoms with Gasteiger partial charge in [0.2, 0.25) is 5.95 Å². The van der Waals surface area contributed by atoms with E-state index in [1.807, 2.05) is 20.0 Å². The van der Waals surface area contributed by atoms with Crippen LogP contribution in [0.25, 0.3) is 0 Å². The Balaban J connectivity index is 1.68. The molecule has 0 spiro atoms. The van der Waals surface area contributed by atoms with Crippen LogP contribution in [0.15, 0.2) is 18.3 Å². The van der Waals surface area contributed by atoms with Gasteiger partial charge in [0.1, 0.15) is 11.6 Å². The fraction of sp³-hybridized carbons (Fsp3) is 0.526. The van der Waals surface area contributed by atoms with Crippen molar-refractivity contribution in [3.8, 4) is 11.5 Å². The van der Waals surface area contributed by atoms with Crippen LogP contribution in [0.2, 0.25) is 0 Å². The van der Waals surface area contributed by atoms with Crippen LogP contribution in [-0.4, -0.2) is 60.3 Å². The maximum absolute atomic E-state index is 5.98. The first-order valence-electron chi connectivity index (χ1n) is 9.31. The number of anilines is 3. The molecule has 3 heterocycles. The number of rotatable bonds is 8. The Bertz CT molecular complexity index is 744. The zero-order chi connectivity index (χ0) is 19.2. The van der Waals surface area contributed by atoms with Gasteiger partial charge in [-0.2, -0.15) is 4.98 Å². The Morgan fingerprint density at radius 3 is 2.67 bits per heavy atom. The van der Waals surface area contributed by atoms with E-state index >= 15 is 0 Å². The predicted octanol–water partition coefficient (Wildman–Crippen LogP) is 2.40. The lowest BCUT2D eigenvalue weighted by molar-refractivity contribution is 0.254. The molecule has 3 rings (SSSR count). The summed E-state index contributed by atoms with van der Waals surface area (Å²) >= 11 is 0. The molecule has 2 aromatic heterocycles. The van der Waals surface area contributed by atoms with Gasteiger partial charge in [-0.1, -0.05) is 0 Å². The number of ether oxygens (including phenoxy) is 2. The number of pyridine rings is 1. The molecule has 0 atom stereocenters. The Labute approximate surface area is 160 Å². The van der Waals surface area contributed by atoms with Crippen LogP contribution in [0.4, 0.5) is 17.6 Å². The number of hydrogen-bond donors (Lipinski definition) is 1. The zero-order valence-corrected chi connectivity index (χ0v) is 16.3. The van der Waals surface area contributed by atoms with E-state index in [9.17, 15) is 0 Å². The van der Waals surface area contributed by atoms with Crippen molar-refractivity contribution in [1.29, 1.82) is 0 Å². The minimum atomic E-state index is 0.427. The highest BCUT2D eigenvalue weighted by Crippen LogP contribution is 2.31. The molecule has 2 N–H and O–H groups in total. The summed E-state index contributed by atoms with van der Waals surface area (Å²) < 4.78 is 11.4. The molecule has 146 valence electrons. The number of aromatic nitrogens is 3. The highest BCUT2D eigenvalue weighted by molar-refractivity contribution is 5.57. The van der Waals surface area contributed by atoms with Gasteiger partial charge in [0.15, 0.2) is 11.5 Å². The highest BCUT2D eigenvalue weighted by Gasteiger charge is 2.15. The minimum Gasteiger partial charge on any atom is -0.491 e. The fourth-order valence-corrected chi connectivity index (χ4v) is 3.17. The van der Waals surface area contributed by atoms with Crippen LogP contribution in [0.1, 0.15) is 25.0 Å². The molecule has 0 bridgehead atoms. The van der Waals surface area contributed by atoms with Gasteiger partial charge in [-0.25, -0.2) is 9.97 Å². The lowest BCUT2D eigenvalue weighted by Gasteiger charge is -2.19. The molecule has 8 nitrogen and oxygen atoms in total. The van der Waals surface area contributed by atoms with Crippen molar-refractivity contribution in [2.24, 2.45) is 0 Å². The van der Waals surface area contributed by atoms with E-state index in [0.717, 1.165) is 18.7 Å². The normalized spacial score (nSPS) is 14.3. The molecule has 0 unspecified atom stereocenters. The molecular formula is C19H28N6O2. The van der Waals surface area contributed by atoms with Crippen LogP contribution >= 0.6 is 0 Å². The quantitative estimate of drug-likeness (QED) is 0.707. The summed E-state index contributed by atoms with van der Waals surface area (Å²) in [7, 11) is 3.46. The van der Waals surface area contributed by atoms with Crippen molar-refractivity contribution in [3.05, 3.63) is 24.0 Å². The molecule has 0 aromatic carbocycles. The van der Waals surface area contributed by atoms with Gasteiger partial charge in [0.25, 0.3) is 0 Å². The van der Waals surface area contributed by atoms with Gasteiger partial charge in [-0.3, -0.25) is 4.90 Å². The van der Waals surface area contributed by atoms with Gasteiger partial charge in [0.05, 0.1) is 19.9 Å². The van der Waals surface area contributed by atoms with Crippen molar-refractivity contribution in [1.82, 2.24) is 19.9 Å². The predicted molar refractivity (Wildman–Crippen MR) is 106 cm³/mol. The lowest BCUT2D eigenvalue weighted by Crippen LogP contribution is -2.22. The van der Waals surface area contributed by atoms with E-state index in [1.165, 1.54) is 25.9 Å². The average Bonchev–Trinajstić information content (AvgIpc) is 3.17. The van der Waals surface area contributed by atoms with Crippen molar-refractivity contribution in [2.45, 2.75) is 26.2 Å². The maximum atomic E-state index is 5.98. The standard InChI is InChI=1S/C19H28N6O2/c1-14-11-17(20)23-19(22-14)24(2)18-12-15(16(26-3)13-21-18)27-10-6-9-25-7-4-5-8-25/h11-13H,4-10H2,1-3H3,(H2,20,22,23). The summed E-state index contributed by atoms with van der Waals surface area (Å²) in [5.41, 5.74) is 6.64. The molecule has 1 saturated heterocycles. The summed E-state index contributed by atoms with van der Waals surface area (Å²) in [5, 5.41) is 0. The van der Waals surface area contributed by atoms with Gasteiger partial charge >= 0.3 is 0 Å². The molecule has 0 aliphatic carbocycles. The van der Waals surface area contributed by atoms with E-state index < -0.39 is 0 Å². The molecule has 1 aliphatic heterocycles. The molecule has 1 aliphatic rings. The molecule has 0 radical (unpaired) electrons. The first-order chi connectivity index (χ1) is 13.1. The summed E-state index contributed by atoms with van der Waals surface area (Å²) in [6, 6.07) is 3.57. The Morgan fingerprint density at radius 2 is 1.96 bits per heavy atom. The monoisotopic (exact) mass is 372 g/mol. The third kappa shape index (κ3) is 4.97. The van der Waals surface area contributed by atoms with E-state index in [2.05, 4.69) is 19.9 Å². The topological polar surface area (TPSA) is 89.6 Å². The van der Waals surface area contributed by atoms with E-state index in [1.54, 1.807) is 24.3 Å². The van der Waals surface area contributed by atoms with Crippen molar-refractivity contribution < 1.29 is 9.47 Å².